The fraction of sp³-hybridized carbons (Fsp3) is 0.174. The predicted octanol–water partition coefficient (Wildman–Crippen LogP) is 3.52. The van der Waals surface area contributed by atoms with E-state index in [0.717, 1.165) is 15.4 Å². The van der Waals surface area contributed by atoms with Crippen molar-refractivity contribution in [2.45, 2.75) is 18.4 Å². The standard InChI is InChI=1S/C23H24N2O4S/c1-18-8-6-9-19(14-18)16-24-23(26)17-25(20-10-7-11-21(15-20)29-2)30(27,28)22-12-4-3-5-13-22/h3-15H,16-17H2,1-2H3,(H,24,26). The lowest BCUT2D eigenvalue weighted by Crippen LogP contribution is -2.40. The van der Waals surface area contributed by atoms with Gasteiger partial charge < -0.3 is 10.1 Å². The summed E-state index contributed by atoms with van der Waals surface area (Å²) in [5.41, 5.74) is 2.39. The van der Waals surface area contributed by atoms with Crippen LogP contribution in [0.15, 0.2) is 83.8 Å². The maximum absolute atomic E-state index is 13.3. The van der Waals surface area contributed by atoms with Gasteiger partial charge in [-0.25, -0.2) is 8.42 Å². The zero-order valence-electron chi connectivity index (χ0n) is 16.9. The van der Waals surface area contributed by atoms with Gasteiger partial charge in [0, 0.05) is 12.6 Å². The monoisotopic (exact) mass is 424 g/mol. The first-order valence-electron chi connectivity index (χ1n) is 9.44. The molecule has 0 bridgehead atoms. The highest BCUT2D eigenvalue weighted by Crippen LogP contribution is 2.26. The third-order valence-corrected chi connectivity index (χ3v) is 6.32. The Hall–Kier alpha value is -3.32. The summed E-state index contributed by atoms with van der Waals surface area (Å²) in [4.78, 5) is 12.8. The number of ether oxygens (including phenoxy) is 1. The number of hydrogen-bond donors (Lipinski definition) is 1. The molecule has 0 heterocycles. The molecule has 0 radical (unpaired) electrons. The lowest BCUT2D eigenvalue weighted by molar-refractivity contribution is -0.119. The molecule has 3 rings (SSSR count). The lowest BCUT2D eigenvalue weighted by atomic mass is 10.1. The van der Waals surface area contributed by atoms with Crippen LogP contribution >= 0.6 is 0 Å². The second-order valence-corrected chi connectivity index (χ2v) is 8.65. The second kappa shape index (κ2) is 9.45. The van der Waals surface area contributed by atoms with E-state index in [1.807, 2.05) is 31.2 Å². The van der Waals surface area contributed by atoms with Crippen molar-refractivity contribution in [2.24, 2.45) is 0 Å². The molecule has 0 aliphatic rings. The highest BCUT2D eigenvalue weighted by atomic mass is 32.2. The van der Waals surface area contributed by atoms with Gasteiger partial charge in [-0.05, 0) is 36.8 Å². The van der Waals surface area contributed by atoms with E-state index in [2.05, 4.69) is 5.32 Å². The van der Waals surface area contributed by atoms with Crippen molar-refractivity contribution in [1.82, 2.24) is 5.32 Å². The summed E-state index contributed by atoms with van der Waals surface area (Å²) in [6.45, 7) is 1.94. The van der Waals surface area contributed by atoms with Gasteiger partial charge >= 0.3 is 0 Å². The summed E-state index contributed by atoms with van der Waals surface area (Å²) in [6, 6.07) is 22.5. The molecule has 0 saturated carbocycles. The summed E-state index contributed by atoms with van der Waals surface area (Å²) in [5.74, 6) is 0.0970. The molecule has 6 nitrogen and oxygen atoms in total. The Morgan fingerprint density at radius 1 is 0.967 bits per heavy atom. The molecule has 0 aliphatic heterocycles. The Labute approximate surface area is 177 Å². The van der Waals surface area contributed by atoms with E-state index in [-0.39, 0.29) is 11.4 Å². The van der Waals surface area contributed by atoms with Crippen LogP contribution in [-0.4, -0.2) is 28.0 Å². The minimum atomic E-state index is -3.95. The van der Waals surface area contributed by atoms with E-state index >= 15 is 0 Å². The number of hydrogen-bond acceptors (Lipinski definition) is 4. The number of methoxy groups -OCH3 is 1. The van der Waals surface area contributed by atoms with E-state index in [1.54, 1.807) is 42.5 Å². The molecular formula is C23H24N2O4S. The van der Waals surface area contributed by atoms with Gasteiger partial charge in [-0.1, -0.05) is 54.1 Å². The average Bonchev–Trinajstić information content (AvgIpc) is 2.76. The zero-order chi connectivity index (χ0) is 21.6. The van der Waals surface area contributed by atoms with Gasteiger partial charge in [0.2, 0.25) is 5.91 Å². The number of nitrogens with one attached hydrogen (secondary N) is 1. The number of amides is 1. The van der Waals surface area contributed by atoms with Crippen molar-refractivity contribution in [1.29, 1.82) is 0 Å². The molecule has 0 saturated heterocycles. The number of anilines is 1. The smallest absolute Gasteiger partial charge is 0.264 e. The minimum Gasteiger partial charge on any atom is -0.497 e. The number of sulfonamides is 1. The van der Waals surface area contributed by atoms with Crippen LogP contribution in [0.3, 0.4) is 0 Å². The zero-order valence-corrected chi connectivity index (χ0v) is 17.7. The molecule has 0 atom stereocenters. The summed E-state index contributed by atoms with van der Waals surface area (Å²) >= 11 is 0. The molecule has 0 spiro atoms. The maximum Gasteiger partial charge on any atom is 0.264 e. The van der Waals surface area contributed by atoms with Gasteiger partial charge in [0.25, 0.3) is 10.0 Å². The summed E-state index contributed by atoms with van der Waals surface area (Å²) in [6.07, 6.45) is 0. The SMILES string of the molecule is COc1cccc(N(CC(=O)NCc2cccc(C)c2)S(=O)(=O)c2ccccc2)c1. The summed E-state index contributed by atoms with van der Waals surface area (Å²) < 4.78 is 32.9. The first kappa shape index (κ1) is 21.4. The van der Waals surface area contributed by atoms with Crippen molar-refractivity contribution in [3.05, 3.63) is 90.0 Å². The van der Waals surface area contributed by atoms with E-state index in [0.29, 0.717) is 18.0 Å². The fourth-order valence-corrected chi connectivity index (χ4v) is 4.44. The molecule has 3 aromatic carbocycles. The largest absolute Gasteiger partial charge is 0.497 e. The number of aryl methyl sites for hydroxylation is 1. The Kier molecular flexibility index (Phi) is 6.74. The second-order valence-electron chi connectivity index (χ2n) is 6.79. The molecule has 30 heavy (non-hydrogen) atoms. The van der Waals surface area contributed by atoms with E-state index in [1.165, 1.54) is 19.2 Å². The first-order chi connectivity index (χ1) is 14.4. The summed E-state index contributed by atoms with van der Waals surface area (Å²) in [7, 11) is -2.44. The van der Waals surface area contributed by atoms with Crippen LogP contribution in [0.5, 0.6) is 5.75 Å². The third kappa shape index (κ3) is 5.18. The Morgan fingerprint density at radius 3 is 2.40 bits per heavy atom. The van der Waals surface area contributed by atoms with E-state index < -0.39 is 15.9 Å². The van der Waals surface area contributed by atoms with Crippen molar-refractivity contribution < 1.29 is 17.9 Å². The molecule has 0 aliphatic carbocycles. The van der Waals surface area contributed by atoms with Crippen molar-refractivity contribution in [3.8, 4) is 5.75 Å². The quantitative estimate of drug-likeness (QED) is 0.600. The molecule has 1 amide bonds. The Bertz CT molecular complexity index is 1110. The van der Waals surface area contributed by atoms with E-state index in [4.69, 9.17) is 4.74 Å². The van der Waals surface area contributed by atoms with Gasteiger partial charge in [0.1, 0.15) is 12.3 Å². The Balaban J connectivity index is 1.86. The molecule has 156 valence electrons. The first-order valence-corrected chi connectivity index (χ1v) is 10.9. The fourth-order valence-electron chi connectivity index (χ4n) is 3.01. The molecule has 7 heteroatoms. The van der Waals surface area contributed by atoms with Gasteiger partial charge in [0.05, 0.1) is 17.7 Å². The van der Waals surface area contributed by atoms with Crippen molar-refractivity contribution >= 4 is 21.6 Å². The van der Waals surface area contributed by atoms with Crippen LogP contribution in [0, 0.1) is 6.92 Å². The highest BCUT2D eigenvalue weighted by molar-refractivity contribution is 7.92. The van der Waals surface area contributed by atoms with Crippen LogP contribution in [0.2, 0.25) is 0 Å². The van der Waals surface area contributed by atoms with Gasteiger partial charge in [-0.15, -0.1) is 0 Å². The summed E-state index contributed by atoms with van der Waals surface area (Å²) in [5, 5.41) is 2.80. The number of benzene rings is 3. The lowest BCUT2D eigenvalue weighted by Gasteiger charge is -2.24. The van der Waals surface area contributed by atoms with Crippen LogP contribution < -0.4 is 14.4 Å². The molecule has 1 N–H and O–H groups in total. The van der Waals surface area contributed by atoms with Crippen molar-refractivity contribution in [3.63, 3.8) is 0 Å². The van der Waals surface area contributed by atoms with Gasteiger partial charge in [-0.3, -0.25) is 9.10 Å². The van der Waals surface area contributed by atoms with Crippen LogP contribution in [0.1, 0.15) is 11.1 Å². The molecule has 0 unspecified atom stereocenters. The minimum absolute atomic E-state index is 0.110. The Morgan fingerprint density at radius 2 is 1.70 bits per heavy atom. The van der Waals surface area contributed by atoms with Crippen molar-refractivity contribution in [2.75, 3.05) is 18.0 Å². The van der Waals surface area contributed by atoms with E-state index in [9.17, 15) is 13.2 Å². The molecule has 0 fully saturated rings. The number of rotatable bonds is 8. The molecule has 3 aromatic rings. The molecule has 0 aromatic heterocycles. The normalized spacial score (nSPS) is 11.0. The van der Waals surface area contributed by atoms with Crippen LogP contribution in [-0.2, 0) is 21.4 Å². The maximum atomic E-state index is 13.3. The van der Waals surface area contributed by atoms with Gasteiger partial charge in [0.15, 0.2) is 0 Å². The number of nitrogens with zero attached hydrogens (tertiary/aromatic N) is 1. The average molecular weight is 425 g/mol. The van der Waals surface area contributed by atoms with Gasteiger partial charge in [-0.2, -0.15) is 0 Å². The number of carbonyl (C=O) groups excluding carboxylic acids is 1. The van der Waals surface area contributed by atoms with Crippen LogP contribution in [0.25, 0.3) is 0 Å². The topological polar surface area (TPSA) is 75.7 Å². The van der Waals surface area contributed by atoms with Crippen LogP contribution in [0.4, 0.5) is 5.69 Å². The molecular weight excluding hydrogens is 400 g/mol. The highest BCUT2D eigenvalue weighted by Gasteiger charge is 2.27. The third-order valence-electron chi connectivity index (χ3n) is 4.53. The number of carbonyl (C=O) groups is 1. The predicted molar refractivity (Wildman–Crippen MR) is 117 cm³/mol.